The van der Waals surface area contributed by atoms with Crippen molar-refractivity contribution in [3.8, 4) is 5.75 Å². The van der Waals surface area contributed by atoms with Gasteiger partial charge in [0.25, 0.3) is 0 Å². The molecule has 7 heteroatoms. The second-order valence-corrected chi connectivity index (χ2v) is 6.72. The molecule has 0 spiro atoms. The maximum absolute atomic E-state index is 11.7. The minimum absolute atomic E-state index is 0.0211. The van der Waals surface area contributed by atoms with E-state index in [0.717, 1.165) is 38.5 Å². The molecule has 0 amide bonds. The zero-order chi connectivity index (χ0) is 18.5. The largest absolute Gasteiger partial charge is 0.466 e. The minimum atomic E-state index is -0.555. The van der Waals surface area contributed by atoms with Gasteiger partial charge in [0.1, 0.15) is 5.02 Å². The van der Waals surface area contributed by atoms with Crippen LogP contribution < -0.4 is 4.74 Å². The zero-order valence-electron chi connectivity index (χ0n) is 14.1. The van der Waals surface area contributed by atoms with Gasteiger partial charge in [-0.3, -0.25) is 9.59 Å². The van der Waals surface area contributed by atoms with Crippen LogP contribution in [0.15, 0.2) is 18.2 Å². The Hall–Kier alpha value is -0.970. The summed E-state index contributed by atoms with van der Waals surface area (Å²) in [6, 6.07) is 4.76. The van der Waals surface area contributed by atoms with Gasteiger partial charge in [0.05, 0.1) is 24.5 Å². The molecular formula is C18H23Cl3O4. The van der Waals surface area contributed by atoms with Gasteiger partial charge in [0, 0.05) is 5.88 Å². The highest BCUT2D eigenvalue weighted by molar-refractivity contribution is 6.43. The molecule has 140 valence electrons. The van der Waals surface area contributed by atoms with Crippen molar-refractivity contribution < 1.29 is 19.1 Å². The summed E-state index contributed by atoms with van der Waals surface area (Å²) in [4.78, 5) is 23.3. The third-order valence-electron chi connectivity index (χ3n) is 3.46. The number of carbonyl (C=O) groups excluding carboxylic acids is 2. The van der Waals surface area contributed by atoms with Gasteiger partial charge < -0.3 is 9.47 Å². The standard InChI is InChI=1S/C18H23Cl3O4/c19-12-5-3-1-2-4-6-13-24-16(22)10-11-17(23)25-15-9-7-8-14(20)18(15)21/h7-9H,1-6,10-13H2. The lowest BCUT2D eigenvalue weighted by atomic mass is 10.1. The Labute approximate surface area is 163 Å². The normalized spacial score (nSPS) is 10.5. The van der Waals surface area contributed by atoms with Gasteiger partial charge in [0.2, 0.25) is 0 Å². The first-order chi connectivity index (χ1) is 12.0. The zero-order valence-corrected chi connectivity index (χ0v) is 16.3. The van der Waals surface area contributed by atoms with Crippen LogP contribution in [0.5, 0.6) is 5.75 Å². The molecule has 0 bridgehead atoms. The number of halogens is 3. The molecule has 0 fully saturated rings. The topological polar surface area (TPSA) is 52.6 Å². The molecule has 0 atom stereocenters. The smallest absolute Gasteiger partial charge is 0.311 e. The van der Waals surface area contributed by atoms with Crippen LogP contribution in [-0.2, 0) is 14.3 Å². The summed E-state index contributed by atoms with van der Waals surface area (Å²) in [5, 5.41) is 0.472. The Balaban J connectivity index is 2.11. The van der Waals surface area contributed by atoms with E-state index in [9.17, 15) is 9.59 Å². The summed E-state index contributed by atoms with van der Waals surface area (Å²) in [5.74, 6) is -0.0674. The maximum atomic E-state index is 11.7. The van der Waals surface area contributed by atoms with Crippen LogP contribution in [0.25, 0.3) is 0 Å². The Morgan fingerprint density at radius 3 is 2.24 bits per heavy atom. The number of rotatable bonds is 12. The fourth-order valence-electron chi connectivity index (χ4n) is 2.10. The molecule has 0 heterocycles. The molecule has 0 saturated carbocycles. The van der Waals surface area contributed by atoms with Gasteiger partial charge in [0.15, 0.2) is 5.75 Å². The van der Waals surface area contributed by atoms with Crippen molar-refractivity contribution in [3.05, 3.63) is 28.2 Å². The Kier molecular flexibility index (Phi) is 11.7. The van der Waals surface area contributed by atoms with Gasteiger partial charge in [-0.25, -0.2) is 0 Å². The van der Waals surface area contributed by atoms with Crippen molar-refractivity contribution in [1.29, 1.82) is 0 Å². The Morgan fingerprint density at radius 1 is 0.880 bits per heavy atom. The molecule has 0 saturated heterocycles. The summed E-state index contributed by atoms with van der Waals surface area (Å²) in [6.07, 6.45) is 6.21. The summed E-state index contributed by atoms with van der Waals surface area (Å²) >= 11 is 17.4. The molecule has 0 unspecified atom stereocenters. The van der Waals surface area contributed by atoms with Crippen molar-refractivity contribution in [3.63, 3.8) is 0 Å². The van der Waals surface area contributed by atoms with Crippen molar-refractivity contribution in [1.82, 2.24) is 0 Å². The first-order valence-electron chi connectivity index (χ1n) is 8.41. The molecule has 0 radical (unpaired) electrons. The number of unbranched alkanes of at least 4 members (excludes halogenated alkanes) is 5. The molecule has 1 rings (SSSR count). The molecule has 0 N–H and O–H groups in total. The number of ether oxygens (including phenoxy) is 2. The third-order valence-corrected chi connectivity index (χ3v) is 4.53. The monoisotopic (exact) mass is 408 g/mol. The van der Waals surface area contributed by atoms with E-state index in [1.807, 2.05) is 0 Å². The van der Waals surface area contributed by atoms with Gasteiger partial charge in [-0.15, -0.1) is 11.6 Å². The molecule has 0 aliphatic heterocycles. The number of hydrogen-bond donors (Lipinski definition) is 0. The fraction of sp³-hybridized carbons (Fsp3) is 0.556. The molecule has 4 nitrogen and oxygen atoms in total. The van der Waals surface area contributed by atoms with Crippen LogP contribution in [0.3, 0.4) is 0 Å². The minimum Gasteiger partial charge on any atom is -0.466 e. The maximum Gasteiger partial charge on any atom is 0.311 e. The van der Waals surface area contributed by atoms with Crippen LogP contribution in [0.2, 0.25) is 10.0 Å². The van der Waals surface area contributed by atoms with Crippen LogP contribution in [0, 0.1) is 0 Å². The fourth-order valence-corrected chi connectivity index (χ4v) is 2.62. The lowest BCUT2D eigenvalue weighted by Crippen LogP contribution is -2.13. The molecule has 0 aromatic heterocycles. The van der Waals surface area contributed by atoms with Crippen molar-refractivity contribution in [2.24, 2.45) is 0 Å². The predicted molar refractivity (Wildman–Crippen MR) is 101 cm³/mol. The van der Waals surface area contributed by atoms with Crippen LogP contribution >= 0.6 is 34.8 Å². The van der Waals surface area contributed by atoms with E-state index < -0.39 is 11.9 Å². The predicted octanol–water partition coefficient (Wildman–Crippen LogP) is 5.80. The second kappa shape index (κ2) is 13.3. The van der Waals surface area contributed by atoms with Gasteiger partial charge in [-0.1, -0.05) is 55.0 Å². The first-order valence-corrected chi connectivity index (χ1v) is 9.70. The quantitative estimate of drug-likeness (QED) is 0.189. The van der Waals surface area contributed by atoms with Gasteiger partial charge in [-0.05, 0) is 25.0 Å². The Morgan fingerprint density at radius 2 is 1.52 bits per heavy atom. The van der Waals surface area contributed by atoms with Crippen LogP contribution in [0.1, 0.15) is 51.4 Å². The SMILES string of the molecule is O=C(CCC(=O)Oc1cccc(Cl)c1Cl)OCCCCCCCCCl. The number of carbonyl (C=O) groups is 2. The summed E-state index contributed by atoms with van der Waals surface area (Å²) in [6.45, 7) is 0.378. The molecule has 1 aromatic rings. The lowest BCUT2D eigenvalue weighted by Gasteiger charge is -2.07. The lowest BCUT2D eigenvalue weighted by molar-refractivity contribution is -0.147. The molecule has 1 aromatic carbocycles. The van der Waals surface area contributed by atoms with E-state index in [2.05, 4.69) is 0 Å². The number of hydrogen-bond acceptors (Lipinski definition) is 4. The van der Waals surface area contributed by atoms with E-state index in [0.29, 0.717) is 17.5 Å². The van der Waals surface area contributed by atoms with E-state index in [4.69, 9.17) is 44.3 Å². The van der Waals surface area contributed by atoms with E-state index in [1.165, 1.54) is 6.07 Å². The summed E-state index contributed by atoms with van der Waals surface area (Å²) < 4.78 is 10.2. The Bertz CT molecular complexity index is 549. The van der Waals surface area contributed by atoms with Gasteiger partial charge in [-0.2, -0.15) is 0 Å². The third kappa shape index (κ3) is 9.93. The van der Waals surface area contributed by atoms with Gasteiger partial charge >= 0.3 is 11.9 Å². The second-order valence-electron chi connectivity index (χ2n) is 5.56. The number of alkyl halides is 1. The van der Waals surface area contributed by atoms with Crippen molar-refractivity contribution in [2.45, 2.75) is 51.4 Å². The molecule has 0 aliphatic rings. The molecular weight excluding hydrogens is 387 g/mol. The summed E-state index contributed by atoms with van der Waals surface area (Å²) in [7, 11) is 0. The average Bonchev–Trinajstić information content (AvgIpc) is 2.59. The number of benzene rings is 1. The van der Waals surface area contributed by atoms with E-state index >= 15 is 0 Å². The van der Waals surface area contributed by atoms with Crippen LogP contribution in [0.4, 0.5) is 0 Å². The highest BCUT2D eigenvalue weighted by Gasteiger charge is 2.13. The van der Waals surface area contributed by atoms with E-state index in [-0.39, 0.29) is 23.6 Å². The first kappa shape index (κ1) is 22.1. The average molecular weight is 410 g/mol. The number of esters is 2. The van der Waals surface area contributed by atoms with E-state index in [1.54, 1.807) is 12.1 Å². The highest BCUT2D eigenvalue weighted by Crippen LogP contribution is 2.31. The molecule has 25 heavy (non-hydrogen) atoms. The summed E-state index contributed by atoms with van der Waals surface area (Å²) in [5.41, 5.74) is 0. The van der Waals surface area contributed by atoms with Crippen molar-refractivity contribution in [2.75, 3.05) is 12.5 Å². The molecule has 0 aliphatic carbocycles. The van der Waals surface area contributed by atoms with Crippen LogP contribution in [-0.4, -0.2) is 24.4 Å². The highest BCUT2D eigenvalue weighted by atomic mass is 35.5. The van der Waals surface area contributed by atoms with Crippen molar-refractivity contribution >= 4 is 46.7 Å².